The maximum Gasteiger partial charge on any atom is 0.333 e. The standard InChI is InChI=1S/C31H35BrN6O3/c1-19(20-10-8-11-22(33)17-20)27-34-28-26(37(27)18-21-9-6-7-14-24(21)32)30(40)38(31(41)35(28)2)25-15-16-36(29(25)39)23-12-4-3-5-13-23/h3-7,9,12-14,19-20,22,25H,8,10-11,15-18,33H2,1-2H3. The second-order valence-corrected chi connectivity index (χ2v) is 12.3. The molecular weight excluding hydrogens is 584 g/mol. The van der Waals surface area contributed by atoms with E-state index < -0.39 is 17.3 Å². The van der Waals surface area contributed by atoms with E-state index in [0.717, 1.165) is 51.8 Å². The number of nitrogens with two attached hydrogens (primary N) is 1. The van der Waals surface area contributed by atoms with Crippen molar-refractivity contribution in [2.75, 3.05) is 11.4 Å². The lowest BCUT2D eigenvalue weighted by Gasteiger charge is -2.31. The lowest BCUT2D eigenvalue weighted by molar-refractivity contribution is -0.120. The molecule has 4 aromatic rings. The van der Waals surface area contributed by atoms with Crippen molar-refractivity contribution in [1.82, 2.24) is 18.7 Å². The van der Waals surface area contributed by atoms with Crippen LogP contribution in [0.4, 0.5) is 5.69 Å². The van der Waals surface area contributed by atoms with E-state index in [4.69, 9.17) is 10.7 Å². The summed E-state index contributed by atoms with van der Waals surface area (Å²) in [6.45, 7) is 2.98. The Morgan fingerprint density at radius 1 is 1.02 bits per heavy atom. The molecule has 10 heteroatoms. The van der Waals surface area contributed by atoms with Crippen molar-refractivity contribution in [3.63, 3.8) is 0 Å². The van der Waals surface area contributed by atoms with Gasteiger partial charge in [0.25, 0.3) is 5.56 Å². The van der Waals surface area contributed by atoms with Gasteiger partial charge in [-0.05, 0) is 55.4 Å². The SMILES string of the molecule is CC(c1nc2c(c(=O)n(C3CCN(c4ccccc4)C3=O)c(=O)n2C)n1Cc1ccccc1Br)C1CCCC(N)C1. The van der Waals surface area contributed by atoms with Crippen LogP contribution in [0.5, 0.6) is 0 Å². The third-order valence-corrected chi connectivity index (χ3v) is 9.70. The molecule has 0 spiro atoms. The molecule has 4 atom stereocenters. The monoisotopic (exact) mass is 618 g/mol. The Labute approximate surface area is 246 Å². The van der Waals surface area contributed by atoms with Gasteiger partial charge in [0.1, 0.15) is 11.9 Å². The summed E-state index contributed by atoms with van der Waals surface area (Å²) in [6.07, 6.45) is 4.39. The van der Waals surface area contributed by atoms with Crippen molar-refractivity contribution in [3.05, 3.63) is 91.3 Å². The van der Waals surface area contributed by atoms with E-state index in [1.54, 1.807) is 11.9 Å². The summed E-state index contributed by atoms with van der Waals surface area (Å²) >= 11 is 3.66. The number of carbonyl (C=O) groups excluding carboxylic acids is 1. The molecule has 1 saturated heterocycles. The van der Waals surface area contributed by atoms with Gasteiger partial charge >= 0.3 is 5.69 Å². The van der Waals surface area contributed by atoms with Gasteiger partial charge in [-0.2, -0.15) is 0 Å². The summed E-state index contributed by atoms with van der Waals surface area (Å²) in [5, 5.41) is 0. The Bertz CT molecular complexity index is 1730. The molecule has 0 bridgehead atoms. The van der Waals surface area contributed by atoms with Crippen LogP contribution in [0, 0.1) is 5.92 Å². The quantitative estimate of drug-likeness (QED) is 0.346. The van der Waals surface area contributed by atoms with Crippen LogP contribution in [0.15, 0.2) is 68.7 Å². The van der Waals surface area contributed by atoms with Gasteiger partial charge in [-0.15, -0.1) is 0 Å². The van der Waals surface area contributed by atoms with Crippen LogP contribution in [-0.2, 0) is 18.4 Å². The number of aryl methyl sites for hydroxylation is 1. The fraction of sp³-hybridized carbons (Fsp3) is 0.419. The van der Waals surface area contributed by atoms with Crippen LogP contribution in [0.3, 0.4) is 0 Å². The zero-order valence-corrected chi connectivity index (χ0v) is 25.0. The maximum atomic E-state index is 14.3. The molecular formula is C31H35BrN6O3. The van der Waals surface area contributed by atoms with Crippen LogP contribution < -0.4 is 21.9 Å². The Hall–Kier alpha value is -3.50. The number of para-hydroxylation sites is 1. The normalized spacial score (nSPS) is 22.0. The molecule has 2 N–H and O–H groups in total. The van der Waals surface area contributed by atoms with Crippen LogP contribution in [-0.4, -0.2) is 37.2 Å². The van der Waals surface area contributed by atoms with Crippen LogP contribution in [0.2, 0.25) is 0 Å². The van der Waals surface area contributed by atoms with Crippen molar-refractivity contribution in [3.8, 4) is 0 Å². The van der Waals surface area contributed by atoms with Crippen LogP contribution in [0.1, 0.15) is 62.4 Å². The van der Waals surface area contributed by atoms with E-state index in [-0.39, 0.29) is 17.9 Å². The van der Waals surface area contributed by atoms with Gasteiger partial charge in [0.15, 0.2) is 11.2 Å². The first-order valence-corrected chi connectivity index (χ1v) is 15.1. The Balaban J connectivity index is 1.52. The van der Waals surface area contributed by atoms with E-state index >= 15 is 0 Å². The minimum Gasteiger partial charge on any atom is -0.328 e. The highest BCUT2D eigenvalue weighted by atomic mass is 79.9. The molecule has 1 amide bonds. The topological polar surface area (TPSA) is 108 Å². The van der Waals surface area contributed by atoms with Crippen molar-refractivity contribution >= 4 is 38.7 Å². The fourth-order valence-corrected chi connectivity index (χ4v) is 7.05. The average molecular weight is 620 g/mol. The first-order valence-electron chi connectivity index (χ1n) is 14.3. The van der Waals surface area contributed by atoms with E-state index in [1.807, 2.05) is 59.2 Å². The van der Waals surface area contributed by atoms with Gasteiger partial charge in [-0.3, -0.25) is 14.2 Å². The number of amides is 1. The number of carbonyl (C=O) groups is 1. The van der Waals surface area contributed by atoms with Crippen molar-refractivity contribution in [2.45, 2.75) is 63.6 Å². The van der Waals surface area contributed by atoms with Crippen molar-refractivity contribution in [2.24, 2.45) is 18.7 Å². The van der Waals surface area contributed by atoms with Gasteiger partial charge in [0.2, 0.25) is 5.91 Å². The average Bonchev–Trinajstić information content (AvgIpc) is 3.54. The Morgan fingerprint density at radius 3 is 2.49 bits per heavy atom. The lowest BCUT2D eigenvalue weighted by Crippen LogP contribution is -2.44. The molecule has 3 heterocycles. The summed E-state index contributed by atoms with van der Waals surface area (Å²) in [5.74, 6) is 0.865. The molecule has 4 unspecified atom stereocenters. The minimum absolute atomic E-state index is 0.0286. The van der Waals surface area contributed by atoms with Gasteiger partial charge in [-0.1, -0.05) is 65.7 Å². The molecule has 6 rings (SSSR count). The molecule has 1 aliphatic carbocycles. The summed E-state index contributed by atoms with van der Waals surface area (Å²) < 4.78 is 5.47. The highest BCUT2D eigenvalue weighted by Gasteiger charge is 2.38. The fourth-order valence-electron chi connectivity index (χ4n) is 6.64. The van der Waals surface area contributed by atoms with E-state index in [9.17, 15) is 14.4 Å². The lowest BCUT2D eigenvalue weighted by atomic mass is 9.78. The van der Waals surface area contributed by atoms with Crippen LogP contribution >= 0.6 is 15.9 Å². The number of halogens is 1. The number of hydrogen-bond donors (Lipinski definition) is 1. The van der Waals surface area contributed by atoms with Crippen molar-refractivity contribution < 1.29 is 4.79 Å². The smallest absolute Gasteiger partial charge is 0.328 e. The molecule has 2 aromatic carbocycles. The highest BCUT2D eigenvalue weighted by Crippen LogP contribution is 2.36. The number of nitrogens with zero attached hydrogens (tertiary/aromatic N) is 5. The second-order valence-electron chi connectivity index (χ2n) is 11.4. The first-order chi connectivity index (χ1) is 19.8. The van der Waals surface area contributed by atoms with Crippen molar-refractivity contribution in [1.29, 1.82) is 0 Å². The molecule has 41 heavy (non-hydrogen) atoms. The Kier molecular flexibility index (Phi) is 7.46. The molecule has 2 aromatic heterocycles. The number of anilines is 1. The number of fused-ring (bicyclic) bond motifs is 1. The molecule has 2 aliphatic rings. The second kappa shape index (κ2) is 11.1. The molecule has 1 saturated carbocycles. The third-order valence-electron chi connectivity index (χ3n) is 8.92. The van der Waals surface area contributed by atoms with Crippen LogP contribution in [0.25, 0.3) is 11.2 Å². The zero-order chi connectivity index (χ0) is 28.8. The molecule has 2 fully saturated rings. The molecule has 9 nitrogen and oxygen atoms in total. The van der Waals surface area contributed by atoms with Gasteiger partial charge in [0, 0.05) is 35.7 Å². The Morgan fingerprint density at radius 2 is 1.76 bits per heavy atom. The summed E-state index contributed by atoms with van der Waals surface area (Å²) in [4.78, 5) is 48.3. The molecule has 0 radical (unpaired) electrons. The van der Waals surface area contributed by atoms with E-state index in [0.29, 0.717) is 36.6 Å². The zero-order valence-electron chi connectivity index (χ0n) is 23.4. The summed E-state index contributed by atoms with van der Waals surface area (Å²) in [6, 6.07) is 16.5. The van der Waals surface area contributed by atoms with Gasteiger partial charge in [0.05, 0.1) is 6.54 Å². The van der Waals surface area contributed by atoms with Gasteiger partial charge < -0.3 is 15.2 Å². The number of aromatic nitrogens is 4. The predicted molar refractivity (Wildman–Crippen MR) is 163 cm³/mol. The number of imidazole rings is 1. The minimum atomic E-state index is -0.880. The largest absolute Gasteiger partial charge is 0.333 e. The summed E-state index contributed by atoms with van der Waals surface area (Å²) in [7, 11) is 1.63. The molecule has 1 aliphatic heterocycles. The highest BCUT2D eigenvalue weighted by molar-refractivity contribution is 9.10. The third kappa shape index (κ3) is 4.86. The first kappa shape index (κ1) is 27.7. The number of hydrogen-bond acceptors (Lipinski definition) is 5. The summed E-state index contributed by atoms with van der Waals surface area (Å²) in [5.41, 5.74) is 7.78. The van der Waals surface area contributed by atoms with E-state index in [1.165, 1.54) is 4.57 Å². The van der Waals surface area contributed by atoms with E-state index in [2.05, 4.69) is 22.9 Å². The van der Waals surface area contributed by atoms with Gasteiger partial charge in [-0.25, -0.2) is 14.3 Å². The maximum absolute atomic E-state index is 14.3. The predicted octanol–water partition coefficient (Wildman–Crippen LogP) is 4.31. The number of benzene rings is 2. The molecule has 214 valence electrons. The number of rotatable bonds is 6.